The molecule has 0 aliphatic carbocycles. The Kier molecular flexibility index (Phi) is 4.94. The Morgan fingerprint density at radius 2 is 2.12 bits per heavy atom. The van der Waals surface area contributed by atoms with Crippen LogP contribution in [-0.2, 0) is 11.2 Å². The van der Waals surface area contributed by atoms with Crippen molar-refractivity contribution in [2.45, 2.75) is 39.2 Å². The summed E-state index contributed by atoms with van der Waals surface area (Å²) in [5, 5.41) is 9.60. The molecule has 0 bridgehead atoms. The van der Waals surface area contributed by atoms with Gasteiger partial charge in [-0.1, -0.05) is 32.8 Å². The van der Waals surface area contributed by atoms with E-state index in [2.05, 4.69) is 40.5 Å². The van der Waals surface area contributed by atoms with Crippen LogP contribution in [0.15, 0.2) is 36.9 Å². The number of nitrogens with zero attached hydrogens (tertiary/aromatic N) is 3. The van der Waals surface area contributed by atoms with Gasteiger partial charge in [-0.2, -0.15) is 0 Å². The number of thiazole rings is 1. The Balaban J connectivity index is 2.02. The number of carboxylic acids is 1. The van der Waals surface area contributed by atoms with Gasteiger partial charge in [-0.05, 0) is 23.6 Å². The first kappa shape index (κ1) is 16.6. The molecule has 0 spiro atoms. The summed E-state index contributed by atoms with van der Waals surface area (Å²) >= 11 is 1.46. The van der Waals surface area contributed by atoms with E-state index in [0.29, 0.717) is 10.9 Å². The molecule has 0 saturated heterocycles. The van der Waals surface area contributed by atoms with Gasteiger partial charge in [0.05, 0.1) is 29.0 Å². The van der Waals surface area contributed by atoms with E-state index in [-0.39, 0.29) is 12.5 Å². The van der Waals surface area contributed by atoms with Crippen LogP contribution in [-0.4, -0.2) is 25.6 Å². The lowest BCUT2D eigenvalue weighted by Gasteiger charge is -2.27. The van der Waals surface area contributed by atoms with E-state index in [0.717, 1.165) is 23.1 Å². The largest absolute Gasteiger partial charge is 0.481 e. The van der Waals surface area contributed by atoms with Crippen molar-refractivity contribution >= 4 is 27.5 Å². The van der Waals surface area contributed by atoms with Crippen LogP contribution in [0.3, 0.4) is 0 Å². The minimum atomic E-state index is -0.845. The Bertz CT molecular complexity index is 822. The molecule has 24 heavy (non-hydrogen) atoms. The summed E-state index contributed by atoms with van der Waals surface area (Å²) < 4.78 is 3.21. The monoisotopic (exact) mass is 343 g/mol. The van der Waals surface area contributed by atoms with Crippen LogP contribution in [0.5, 0.6) is 0 Å². The average molecular weight is 343 g/mol. The van der Waals surface area contributed by atoms with Crippen molar-refractivity contribution < 1.29 is 9.90 Å². The maximum atomic E-state index is 10.9. The number of hydrogen-bond acceptors (Lipinski definition) is 4. The molecule has 2 aromatic heterocycles. The highest BCUT2D eigenvalue weighted by molar-refractivity contribution is 7.18. The molecule has 6 heteroatoms. The zero-order valence-electron chi connectivity index (χ0n) is 13.8. The molecule has 0 fully saturated rings. The van der Waals surface area contributed by atoms with Crippen LogP contribution in [0.4, 0.5) is 0 Å². The summed E-state index contributed by atoms with van der Waals surface area (Å²) in [6.45, 7) is 4.43. The quantitative estimate of drug-likeness (QED) is 0.700. The molecule has 0 amide bonds. The SMILES string of the molecule is CCC(CC)C(c1ccc2nc(CC(=O)O)sc2c1)n1ccnc1. The number of aliphatic carboxylic acids is 1. The van der Waals surface area contributed by atoms with Crippen LogP contribution in [0.25, 0.3) is 10.2 Å². The predicted molar refractivity (Wildman–Crippen MR) is 95.4 cm³/mol. The van der Waals surface area contributed by atoms with E-state index in [1.807, 2.05) is 24.8 Å². The lowest BCUT2D eigenvalue weighted by atomic mass is 9.88. The number of carboxylic acid groups (broad SMARTS) is 1. The second-order valence-corrected chi connectivity index (χ2v) is 7.05. The molecule has 5 nitrogen and oxygen atoms in total. The first-order chi connectivity index (χ1) is 11.6. The van der Waals surface area contributed by atoms with Crippen molar-refractivity contribution in [3.05, 3.63) is 47.5 Å². The fourth-order valence-corrected chi connectivity index (χ4v) is 4.24. The number of aromatic nitrogens is 3. The van der Waals surface area contributed by atoms with Gasteiger partial charge >= 0.3 is 5.97 Å². The van der Waals surface area contributed by atoms with Gasteiger partial charge in [0.2, 0.25) is 0 Å². The first-order valence-corrected chi connectivity index (χ1v) is 9.02. The molecule has 1 N–H and O–H groups in total. The highest BCUT2D eigenvalue weighted by atomic mass is 32.1. The zero-order valence-corrected chi connectivity index (χ0v) is 14.7. The number of benzene rings is 1. The van der Waals surface area contributed by atoms with Crippen molar-refractivity contribution in [1.82, 2.24) is 14.5 Å². The van der Waals surface area contributed by atoms with Gasteiger partial charge in [0.15, 0.2) is 0 Å². The van der Waals surface area contributed by atoms with Gasteiger partial charge in [-0.3, -0.25) is 4.79 Å². The molecule has 126 valence electrons. The fourth-order valence-electron chi connectivity index (χ4n) is 3.23. The van der Waals surface area contributed by atoms with Crippen LogP contribution in [0, 0.1) is 5.92 Å². The van der Waals surface area contributed by atoms with Crippen molar-refractivity contribution in [3.63, 3.8) is 0 Å². The number of carbonyl (C=O) groups is 1. The van der Waals surface area contributed by atoms with Gasteiger partial charge in [-0.15, -0.1) is 11.3 Å². The number of fused-ring (bicyclic) bond motifs is 1. The Labute approximate surface area is 145 Å². The lowest BCUT2D eigenvalue weighted by molar-refractivity contribution is -0.136. The smallest absolute Gasteiger partial charge is 0.310 e. The van der Waals surface area contributed by atoms with E-state index in [9.17, 15) is 4.79 Å². The molecule has 1 atom stereocenters. The molecule has 3 rings (SSSR count). The molecular weight excluding hydrogens is 322 g/mol. The van der Waals surface area contributed by atoms with Gasteiger partial charge in [0, 0.05) is 12.4 Å². The minimum absolute atomic E-state index is 0.0217. The van der Waals surface area contributed by atoms with Crippen molar-refractivity contribution in [3.8, 4) is 0 Å². The molecule has 0 aliphatic rings. The van der Waals surface area contributed by atoms with Crippen LogP contribution < -0.4 is 0 Å². The number of hydrogen-bond donors (Lipinski definition) is 1. The van der Waals surface area contributed by atoms with Crippen molar-refractivity contribution in [2.24, 2.45) is 5.92 Å². The Morgan fingerprint density at radius 1 is 1.33 bits per heavy atom. The highest BCUT2D eigenvalue weighted by Gasteiger charge is 2.22. The van der Waals surface area contributed by atoms with Gasteiger partial charge in [0.1, 0.15) is 5.01 Å². The lowest BCUT2D eigenvalue weighted by Crippen LogP contribution is -2.18. The minimum Gasteiger partial charge on any atom is -0.481 e. The van der Waals surface area contributed by atoms with Crippen molar-refractivity contribution in [2.75, 3.05) is 0 Å². The molecular formula is C18H21N3O2S. The zero-order chi connectivity index (χ0) is 17.1. The van der Waals surface area contributed by atoms with Crippen LogP contribution in [0.2, 0.25) is 0 Å². The fraction of sp³-hybridized carbons (Fsp3) is 0.389. The van der Waals surface area contributed by atoms with Gasteiger partial charge in [-0.25, -0.2) is 9.97 Å². The van der Waals surface area contributed by atoms with Gasteiger partial charge in [0.25, 0.3) is 0 Å². The second-order valence-electron chi connectivity index (χ2n) is 5.94. The molecule has 1 aromatic carbocycles. The van der Waals surface area contributed by atoms with Gasteiger partial charge < -0.3 is 9.67 Å². The summed E-state index contributed by atoms with van der Waals surface area (Å²) in [6, 6.07) is 6.49. The average Bonchev–Trinajstić information content (AvgIpc) is 3.20. The molecule has 0 radical (unpaired) electrons. The van der Waals surface area contributed by atoms with E-state index >= 15 is 0 Å². The highest BCUT2D eigenvalue weighted by Crippen LogP contribution is 2.34. The number of imidazole rings is 1. The molecule has 0 aliphatic heterocycles. The molecule has 3 aromatic rings. The third-order valence-corrected chi connectivity index (χ3v) is 5.46. The molecule has 2 heterocycles. The topological polar surface area (TPSA) is 68.0 Å². The molecule has 1 unspecified atom stereocenters. The second kappa shape index (κ2) is 7.13. The predicted octanol–water partition coefficient (Wildman–Crippen LogP) is 4.15. The summed E-state index contributed by atoms with van der Waals surface area (Å²) in [7, 11) is 0. The number of rotatable bonds is 7. The summed E-state index contributed by atoms with van der Waals surface area (Å²) in [5.41, 5.74) is 2.09. The van der Waals surface area contributed by atoms with E-state index < -0.39 is 5.97 Å². The maximum Gasteiger partial charge on any atom is 0.310 e. The Hall–Kier alpha value is -2.21. The maximum absolute atomic E-state index is 10.9. The van der Waals surface area contributed by atoms with Crippen molar-refractivity contribution in [1.29, 1.82) is 0 Å². The standard InChI is InChI=1S/C18H21N3O2S/c1-3-12(4-2)18(21-8-7-19-11-21)13-5-6-14-15(9-13)24-16(20-14)10-17(22)23/h5-9,11-12,18H,3-4,10H2,1-2H3,(H,22,23). The molecule has 0 saturated carbocycles. The van der Waals surface area contributed by atoms with E-state index in [1.54, 1.807) is 0 Å². The Morgan fingerprint density at radius 3 is 2.75 bits per heavy atom. The summed E-state index contributed by atoms with van der Waals surface area (Å²) in [4.78, 5) is 19.5. The van der Waals surface area contributed by atoms with Crippen LogP contribution >= 0.6 is 11.3 Å². The van der Waals surface area contributed by atoms with E-state index in [4.69, 9.17) is 5.11 Å². The summed E-state index contributed by atoms with van der Waals surface area (Å²) in [5.74, 6) is -0.328. The normalized spacial score (nSPS) is 12.8. The third-order valence-electron chi connectivity index (χ3n) is 4.44. The first-order valence-electron chi connectivity index (χ1n) is 8.21. The third kappa shape index (κ3) is 3.33. The van der Waals surface area contributed by atoms with Crippen LogP contribution in [0.1, 0.15) is 43.3 Å². The van der Waals surface area contributed by atoms with E-state index in [1.165, 1.54) is 16.9 Å². The summed E-state index contributed by atoms with van der Waals surface area (Å²) in [6.07, 6.45) is 7.85.